The lowest BCUT2D eigenvalue weighted by Crippen LogP contribution is -2.37. The van der Waals surface area contributed by atoms with Gasteiger partial charge in [-0.2, -0.15) is 0 Å². The van der Waals surface area contributed by atoms with Crippen LogP contribution >= 0.6 is 15.9 Å². The molecule has 20 heavy (non-hydrogen) atoms. The van der Waals surface area contributed by atoms with E-state index in [9.17, 15) is 5.11 Å². The van der Waals surface area contributed by atoms with Gasteiger partial charge in [0.15, 0.2) is 11.5 Å². The summed E-state index contributed by atoms with van der Waals surface area (Å²) >= 11 is 3.37. The summed E-state index contributed by atoms with van der Waals surface area (Å²) in [4.78, 5) is 2.36. The van der Waals surface area contributed by atoms with Crippen LogP contribution in [0.4, 0.5) is 0 Å². The number of nitrogens with two attached hydrogens (primary N) is 1. The van der Waals surface area contributed by atoms with E-state index in [1.807, 2.05) is 12.1 Å². The first-order valence-corrected chi connectivity index (χ1v) is 7.81. The quantitative estimate of drug-likeness (QED) is 0.863. The van der Waals surface area contributed by atoms with Crippen molar-refractivity contribution < 1.29 is 9.84 Å². The van der Waals surface area contributed by atoms with Gasteiger partial charge in [-0.15, -0.1) is 0 Å². The number of phenols is 1. The molecule has 0 bridgehead atoms. The third kappa shape index (κ3) is 3.27. The average molecular weight is 343 g/mol. The number of benzene rings is 1. The molecule has 2 rings (SSSR count). The van der Waals surface area contributed by atoms with E-state index in [0.717, 1.165) is 18.7 Å². The minimum absolute atomic E-state index is 0.152. The fourth-order valence-electron chi connectivity index (χ4n) is 3.15. The Balaban J connectivity index is 2.11. The van der Waals surface area contributed by atoms with Crippen LogP contribution in [0.5, 0.6) is 11.5 Å². The highest BCUT2D eigenvalue weighted by Crippen LogP contribution is 2.36. The van der Waals surface area contributed by atoms with Crippen LogP contribution in [0, 0.1) is 5.92 Å². The van der Waals surface area contributed by atoms with Crippen molar-refractivity contribution in [2.75, 3.05) is 20.7 Å². The summed E-state index contributed by atoms with van der Waals surface area (Å²) in [5, 5.41) is 9.85. The van der Waals surface area contributed by atoms with Gasteiger partial charge in [-0.25, -0.2) is 0 Å². The molecule has 1 saturated carbocycles. The lowest BCUT2D eigenvalue weighted by Gasteiger charge is -2.29. The molecule has 0 heterocycles. The molecule has 0 amide bonds. The summed E-state index contributed by atoms with van der Waals surface area (Å²) in [7, 11) is 3.71. The zero-order valence-electron chi connectivity index (χ0n) is 12.1. The molecule has 1 aliphatic carbocycles. The number of phenolic OH excluding ortho intramolecular Hbond substituents is 1. The van der Waals surface area contributed by atoms with Gasteiger partial charge < -0.3 is 15.6 Å². The standard InChI is InChI=1S/C15H23BrN2O2/c1-18(13-5-3-4-11(13)8-17)9-10-6-12(16)15(19)14(7-10)20-2/h6-7,11,13,19H,3-5,8-9,17H2,1-2H3. The summed E-state index contributed by atoms with van der Waals surface area (Å²) in [5.74, 6) is 1.26. The SMILES string of the molecule is COc1cc(CN(C)C2CCCC2CN)cc(Br)c1O. The predicted octanol–water partition coefficient (Wildman–Crippen LogP) is 2.72. The monoisotopic (exact) mass is 342 g/mol. The first kappa shape index (κ1) is 15.6. The third-order valence-electron chi connectivity index (χ3n) is 4.23. The van der Waals surface area contributed by atoms with E-state index in [1.54, 1.807) is 7.11 Å². The molecular formula is C15H23BrN2O2. The second-order valence-corrected chi connectivity index (χ2v) is 6.39. The smallest absolute Gasteiger partial charge is 0.172 e. The van der Waals surface area contributed by atoms with E-state index in [0.29, 0.717) is 22.2 Å². The topological polar surface area (TPSA) is 58.7 Å². The van der Waals surface area contributed by atoms with E-state index < -0.39 is 0 Å². The highest BCUT2D eigenvalue weighted by molar-refractivity contribution is 9.10. The van der Waals surface area contributed by atoms with Gasteiger partial charge >= 0.3 is 0 Å². The van der Waals surface area contributed by atoms with E-state index >= 15 is 0 Å². The van der Waals surface area contributed by atoms with E-state index in [-0.39, 0.29) is 5.75 Å². The van der Waals surface area contributed by atoms with Crippen molar-refractivity contribution in [3.63, 3.8) is 0 Å². The Morgan fingerprint density at radius 2 is 2.20 bits per heavy atom. The number of rotatable bonds is 5. The van der Waals surface area contributed by atoms with Crippen molar-refractivity contribution in [2.45, 2.75) is 31.8 Å². The minimum Gasteiger partial charge on any atom is -0.503 e. The zero-order chi connectivity index (χ0) is 14.7. The first-order chi connectivity index (χ1) is 9.56. The summed E-state index contributed by atoms with van der Waals surface area (Å²) in [6, 6.07) is 4.39. The van der Waals surface area contributed by atoms with Crippen molar-refractivity contribution in [3.05, 3.63) is 22.2 Å². The molecule has 5 heteroatoms. The Labute approximate surface area is 129 Å². The van der Waals surface area contributed by atoms with Crippen LogP contribution in [0.15, 0.2) is 16.6 Å². The van der Waals surface area contributed by atoms with Gasteiger partial charge in [-0.3, -0.25) is 4.90 Å². The van der Waals surface area contributed by atoms with Gasteiger partial charge in [-0.05, 0) is 66.0 Å². The van der Waals surface area contributed by atoms with Gasteiger partial charge in [0.05, 0.1) is 11.6 Å². The van der Waals surface area contributed by atoms with Crippen molar-refractivity contribution in [1.29, 1.82) is 0 Å². The number of methoxy groups -OCH3 is 1. The summed E-state index contributed by atoms with van der Waals surface area (Å²) < 4.78 is 5.87. The Kier molecular flexibility index (Phi) is 5.29. The maximum absolute atomic E-state index is 9.85. The normalized spacial score (nSPS) is 22.4. The number of hydrogen-bond acceptors (Lipinski definition) is 4. The van der Waals surface area contributed by atoms with Crippen LogP contribution in [0.1, 0.15) is 24.8 Å². The second-order valence-electron chi connectivity index (χ2n) is 5.54. The Morgan fingerprint density at radius 1 is 1.45 bits per heavy atom. The summed E-state index contributed by atoms with van der Waals surface area (Å²) in [6.45, 7) is 1.59. The Hall–Kier alpha value is -0.780. The van der Waals surface area contributed by atoms with E-state index in [2.05, 4.69) is 27.9 Å². The van der Waals surface area contributed by atoms with Crippen molar-refractivity contribution in [2.24, 2.45) is 11.7 Å². The molecule has 1 fully saturated rings. The van der Waals surface area contributed by atoms with Crippen LogP contribution < -0.4 is 10.5 Å². The van der Waals surface area contributed by atoms with Crippen molar-refractivity contribution in [3.8, 4) is 11.5 Å². The van der Waals surface area contributed by atoms with Crippen molar-refractivity contribution >= 4 is 15.9 Å². The molecule has 1 aromatic rings. The molecule has 0 radical (unpaired) electrons. The van der Waals surface area contributed by atoms with E-state index in [4.69, 9.17) is 10.5 Å². The van der Waals surface area contributed by atoms with Gasteiger partial charge in [-0.1, -0.05) is 6.42 Å². The number of halogens is 1. The van der Waals surface area contributed by atoms with Gasteiger partial charge in [0.25, 0.3) is 0 Å². The molecule has 2 unspecified atom stereocenters. The van der Waals surface area contributed by atoms with Gasteiger partial charge in [0, 0.05) is 12.6 Å². The Morgan fingerprint density at radius 3 is 2.85 bits per heavy atom. The third-order valence-corrected chi connectivity index (χ3v) is 4.83. The highest BCUT2D eigenvalue weighted by Gasteiger charge is 2.29. The lowest BCUT2D eigenvalue weighted by atomic mass is 10.0. The fourth-order valence-corrected chi connectivity index (χ4v) is 3.64. The summed E-state index contributed by atoms with van der Waals surface area (Å²) in [5.41, 5.74) is 6.98. The maximum Gasteiger partial charge on any atom is 0.172 e. The predicted molar refractivity (Wildman–Crippen MR) is 84.0 cm³/mol. The highest BCUT2D eigenvalue weighted by atomic mass is 79.9. The number of hydrogen-bond donors (Lipinski definition) is 2. The molecule has 4 nitrogen and oxygen atoms in total. The number of ether oxygens (including phenoxy) is 1. The second kappa shape index (κ2) is 6.78. The molecule has 0 aromatic heterocycles. The Bertz CT molecular complexity index is 467. The van der Waals surface area contributed by atoms with Gasteiger partial charge in [0.1, 0.15) is 0 Å². The minimum atomic E-state index is 0.152. The molecule has 0 saturated heterocycles. The molecule has 1 aromatic carbocycles. The van der Waals surface area contributed by atoms with Crippen LogP contribution in [-0.2, 0) is 6.54 Å². The molecule has 112 valence electrons. The summed E-state index contributed by atoms with van der Waals surface area (Å²) in [6.07, 6.45) is 3.71. The first-order valence-electron chi connectivity index (χ1n) is 7.02. The molecule has 3 N–H and O–H groups in total. The number of nitrogens with zero attached hydrogens (tertiary/aromatic N) is 1. The van der Waals surface area contributed by atoms with Crippen LogP contribution in [0.3, 0.4) is 0 Å². The van der Waals surface area contributed by atoms with Crippen LogP contribution in [0.25, 0.3) is 0 Å². The molecular weight excluding hydrogens is 320 g/mol. The van der Waals surface area contributed by atoms with Crippen molar-refractivity contribution in [1.82, 2.24) is 4.90 Å². The number of aromatic hydroxyl groups is 1. The lowest BCUT2D eigenvalue weighted by molar-refractivity contribution is 0.192. The largest absolute Gasteiger partial charge is 0.503 e. The zero-order valence-corrected chi connectivity index (χ0v) is 13.7. The maximum atomic E-state index is 9.85. The molecule has 2 atom stereocenters. The van der Waals surface area contributed by atoms with E-state index in [1.165, 1.54) is 19.3 Å². The fraction of sp³-hybridized carbons (Fsp3) is 0.600. The molecule has 0 aliphatic heterocycles. The molecule has 0 spiro atoms. The van der Waals surface area contributed by atoms with Crippen LogP contribution in [0.2, 0.25) is 0 Å². The molecule has 1 aliphatic rings. The average Bonchev–Trinajstić information content (AvgIpc) is 2.91. The van der Waals surface area contributed by atoms with Crippen LogP contribution in [-0.4, -0.2) is 36.8 Å². The van der Waals surface area contributed by atoms with Gasteiger partial charge in [0.2, 0.25) is 0 Å².